The van der Waals surface area contributed by atoms with Crippen LogP contribution in [0, 0.1) is 5.41 Å². The van der Waals surface area contributed by atoms with Crippen molar-refractivity contribution in [1.82, 2.24) is 9.78 Å². The Hall–Kier alpha value is -3.04. The molecule has 1 saturated carbocycles. The van der Waals surface area contributed by atoms with Gasteiger partial charge in [0.1, 0.15) is 6.10 Å². The highest BCUT2D eigenvalue weighted by atomic mass is 19.4. The molecule has 0 unspecified atom stereocenters. The molecule has 1 heterocycles. The van der Waals surface area contributed by atoms with Gasteiger partial charge in [-0.3, -0.25) is 9.59 Å². The van der Waals surface area contributed by atoms with Gasteiger partial charge in [-0.25, -0.2) is 4.68 Å². The second kappa shape index (κ2) is 9.78. The van der Waals surface area contributed by atoms with Crippen LogP contribution in [0.5, 0.6) is 0 Å². The van der Waals surface area contributed by atoms with E-state index < -0.39 is 17.8 Å². The number of rotatable bonds is 6. The Kier molecular flexibility index (Phi) is 7.07. The topological polar surface area (TPSA) is 99.2 Å². The first kappa shape index (κ1) is 26.0. The second-order valence-electron chi connectivity index (χ2n) is 10.6. The van der Waals surface area contributed by atoms with Crippen LogP contribution in [0.15, 0.2) is 18.2 Å². The summed E-state index contributed by atoms with van der Waals surface area (Å²) in [5, 5.41) is 7.36. The van der Waals surface area contributed by atoms with E-state index in [0.29, 0.717) is 68.4 Å². The fraction of sp³-hybridized carbons (Fsp3) is 0.577. The minimum absolute atomic E-state index is 0.00568. The smallest absolute Gasteiger partial charge is 0.435 e. The monoisotopic (exact) mass is 506 g/mol. The Morgan fingerprint density at radius 1 is 1.22 bits per heavy atom. The van der Waals surface area contributed by atoms with Crippen molar-refractivity contribution in [2.24, 2.45) is 11.1 Å². The van der Waals surface area contributed by atoms with E-state index in [1.165, 1.54) is 10.7 Å². The number of nitrogens with zero attached hydrogens (tertiary/aromatic N) is 2. The highest BCUT2D eigenvalue weighted by Gasteiger charge is 2.42. The summed E-state index contributed by atoms with van der Waals surface area (Å²) >= 11 is 0. The third kappa shape index (κ3) is 5.52. The molecule has 0 saturated heterocycles. The number of aromatic nitrogens is 2. The number of esters is 1. The predicted octanol–water partition coefficient (Wildman–Crippen LogP) is 5.18. The molecule has 7 nitrogen and oxygen atoms in total. The summed E-state index contributed by atoms with van der Waals surface area (Å²) in [5.74, 6) is -0.853. The molecule has 1 aromatic carbocycles. The van der Waals surface area contributed by atoms with Gasteiger partial charge in [-0.2, -0.15) is 18.3 Å². The number of ether oxygens (including phenoxy) is 1. The van der Waals surface area contributed by atoms with E-state index in [-0.39, 0.29) is 34.7 Å². The number of hydrogen-bond donors (Lipinski definition) is 2. The maximum atomic E-state index is 13.8. The Morgan fingerprint density at radius 2 is 1.92 bits per heavy atom. The number of alkyl halides is 3. The molecule has 10 heteroatoms. The summed E-state index contributed by atoms with van der Waals surface area (Å²) in [6.07, 6.45) is -0.115. The predicted molar refractivity (Wildman–Crippen MR) is 129 cm³/mol. The fourth-order valence-corrected chi connectivity index (χ4v) is 5.19. The van der Waals surface area contributed by atoms with Gasteiger partial charge in [0, 0.05) is 29.4 Å². The van der Waals surface area contributed by atoms with Crippen molar-refractivity contribution in [1.29, 1.82) is 0 Å². The molecular weight excluding hydrogens is 473 g/mol. The average Bonchev–Trinajstić information content (AvgIpc) is 3.18. The summed E-state index contributed by atoms with van der Waals surface area (Å²) < 4.78 is 48.2. The number of fused-ring (bicyclic) bond motifs is 1. The molecule has 0 aliphatic heterocycles. The van der Waals surface area contributed by atoms with E-state index in [1.807, 2.05) is 13.8 Å². The molecule has 2 aromatic rings. The average molecular weight is 507 g/mol. The lowest BCUT2D eigenvalue weighted by Crippen LogP contribution is -2.31. The summed E-state index contributed by atoms with van der Waals surface area (Å²) in [5.41, 5.74) is 6.56. The van der Waals surface area contributed by atoms with Crippen molar-refractivity contribution in [3.63, 3.8) is 0 Å². The molecule has 4 rings (SSSR count). The van der Waals surface area contributed by atoms with Gasteiger partial charge < -0.3 is 15.8 Å². The Balaban J connectivity index is 1.64. The zero-order valence-corrected chi connectivity index (χ0v) is 20.9. The van der Waals surface area contributed by atoms with Crippen molar-refractivity contribution in [2.75, 3.05) is 5.32 Å². The van der Waals surface area contributed by atoms with E-state index in [0.717, 1.165) is 0 Å². The zero-order chi connectivity index (χ0) is 26.3. The molecule has 1 aromatic heterocycles. The lowest BCUT2D eigenvalue weighted by molar-refractivity contribution is -0.150. The zero-order valence-electron chi connectivity index (χ0n) is 20.9. The SMILES string of the molecule is CCC(=O)OC1CCC(Nc2cc(-n3nc(C(F)(F)F)c4c3CC(C)(C)CC4)ccc2C(N)=O)CC1. The number of hydrogen-bond acceptors (Lipinski definition) is 5. The van der Waals surface area contributed by atoms with Crippen molar-refractivity contribution in [2.45, 2.75) is 90.5 Å². The third-order valence-corrected chi connectivity index (χ3v) is 7.19. The highest BCUT2D eigenvalue weighted by molar-refractivity contribution is 5.99. The number of primary amides is 1. The van der Waals surface area contributed by atoms with Crippen LogP contribution in [0.1, 0.15) is 86.6 Å². The molecular formula is C26H33F3N4O3. The van der Waals surface area contributed by atoms with Gasteiger partial charge in [0.05, 0.1) is 11.3 Å². The third-order valence-electron chi connectivity index (χ3n) is 7.19. The molecule has 2 aliphatic rings. The van der Waals surface area contributed by atoms with Gasteiger partial charge in [0.25, 0.3) is 5.91 Å². The van der Waals surface area contributed by atoms with Crippen LogP contribution in [0.4, 0.5) is 18.9 Å². The van der Waals surface area contributed by atoms with Crippen LogP contribution in [-0.4, -0.2) is 33.8 Å². The largest absolute Gasteiger partial charge is 0.462 e. The summed E-state index contributed by atoms with van der Waals surface area (Å²) in [4.78, 5) is 23.7. The van der Waals surface area contributed by atoms with Crippen LogP contribution < -0.4 is 11.1 Å². The number of carbonyl (C=O) groups excluding carboxylic acids is 2. The van der Waals surface area contributed by atoms with E-state index in [1.54, 1.807) is 19.1 Å². The molecule has 0 atom stereocenters. The quantitative estimate of drug-likeness (QED) is 0.526. The summed E-state index contributed by atoms with van der Waals surface area (Å²) in [6.45, 7) is 5.83. The number of halogens is 3. The Bertz CT molecular complexity index is 1150. The standard InChI is InChI=1S/C26H33F3N4O3/c1-4-22(34)36-17-8-5-15(6-9-17)31-20-13-16(7-10-18(20)24(30)35)33-21-14-25(2,3)12-11-19(21)23(32-33)26(27,28)29/h7,10,13,15,17,31H,4-6,8-9,11-12,14H2,1-3H3,(H2,30,35). The summed E-state index contributed by atoms with van der Waals surface area (Å²) in [7, 11) is 0. The van der Waals surface area contributed by atoms with Gasteiger partial charge in [0.15, 0.2) is 5.69 Å². The number of amides is 1. The molecule has 36 heavy (non-hydrogen) atoms. The van der Waals surface area contributed by atoms with Crippen LogP contribution in [0.3, 0.4) is 0 Å². The van der Waals surface area contributed by atoms with E-state index in [4.69, 9.17) is 10.5 Å². The van der Waals surface area contributed by atoms with Crippen LogP contribution >= 0.6 is 0 Å². The highest BCUT2D eigenvalue weighted by Crippen LogP contribution is 2.42. The van der Waals surface area contributed by atoms with Gasteiger partial charge >= 0.3 is 12.1 Å². The fourth-order valence-electron chi connectivity index (χ4n) is 5.19. The molecule has 3 N–H and O–H groups in total. The van der Waals surface area contributed by atoms with E-state index in [2.05, 4.69) is 10.4 Å². The van der Waals surface area contributed by atoms with Crippen molar-refractivity contribution < 1.29 is 27.5 Å². The normalized spacial score (nSPS) is 21.5. The molecule has 196 valence electrons. The molecule has 1 amide bonds. The number of nitrogens with one attached hydrogen (secondary N) is 1. The van der Waals surface area contributed by atoms with Crippen LogP contribution in [0.2, 0.25) is 0 Å². The molecule has 2 aliphatic carbocycles. The first-order valence-electron chi connectivity index (χ1n) is 12.5. The van der Waals surface area contributed by atoms with Crippen molar-refractivity contribution in [3.8, 4) is 5.69 Å². The first-order chi connectivity index (χ1) is 16.9. The minimum Gasteiger partial charge on any atom is -0.462 e. The lowest BCUT2D eigenvalue weighted by atomic mass is 9.76. The van der Waals surface area contributed by atoms with Crippen LogP contribution in [0.25, 0.3) is 5.69 Å². The number of anilines is 1. The van der Waals surface area contributed by atoms with Crippen molar-refractivity contribution in [3.05, 3.63) is 40.7 Å². The first-order valence-corrected chi connectivity index (χ1v) is 12.5. The van der Waals surface area contributed by atoms with Crippen LogP contribution in [-0.2, 0) is 28.5 Å². The number of benzene rings is 1. The van der Waals surface area contributed by atoms with Gasteiger partial charge in [0.2, 0.25) is 0 Å². The maximum absolute atomic E-state index is 13.8. The summed E-state index contributed by atoms with van der Waals surface area (Å²) in [6, 6.07) is 4.77. The molecule has 0 bridgehead atoms. The van der Waals surface area contributed by atoms with Gasteiger partial charge in [-0.05, 0) is 68.6 Å². The van der Waals surface area contributed by atoms with E-state index >= 15 is 0 Å². The second-order valence-corrected chi connectivity index (χ2v) is 10.6. The van der Waals surface area contributed by atoms with Gasteiger partial charge in [-0.1, -0.05) is 20.8 Å². The minimum atomic E-state index is -4.55. The molecule has 1 fully saturated rings. The molecule has 0 spiro atoms. The number of nitrogens with two attached hydrogens (primary N) is 1. The number of carbonyl (C=O) groups is 2. The Morgan fingerprint density at radius 3 is 2.53 bits per heavy atom. The Labute approximate surface area is 208 Å². The van der Waals surface area contributed by atoms with E-state index in [9.17, 15) is 22.8 Å². The molecule has 0 radical (unpaired) electrons. The van der Waals surface area contributed by atoms with Crippen molar-refractivity contribution >= 4 is 17.6 Å². The lowest BCUT2D eigenvalue weighted by Gasteiger charge is -2.31. The maximum Gasteiger partial charge on any atom is 0.435 e. The van der Waals surface area contributed by atoms with Gasteiger partial charge in [-0.15, -0.1) is 0 Å².